The zero-order chi connectivity index (χ0) is 23.6. The molecule has 4 rings (SSSR count). The molecule has 0 spiro atoms. The Kier molecular flexibility index (Phi) is 6.37. The molecule has 0 bridgehead atoms. The van der Waals surface area contributed by atoms with Crippen molar-refractivity contribution in [2.24, 2.45) is 0 Å². The van der Waals surface area contributed by atoms with E-state index in [0.717, 1.165) is 17.6 Å². The lowest BCUT2D eigenvalue weighted by atomic mass is 10.1. The highest BCUT2D eigenvalue weighted by atomic mass is 32.2. The summed E-state index contributed by atoms with van der Waals surface area (Å²) in [7, 11) is -1.99. The summed E-state index contributed by atoms with van der Waals surface area (Å²) in [4.78, 5) is 33.3. The molecule has 174 valence electrons. The van der Waals surface area contributed by atoms with Crippen LogP contribution in [-0.2, 0) is 21.1 Å². The van der Waals surface area contributed by atoms with Gasteiger partial charge in [-0.15, -0.1) is 0 Å². The third kappa shape index (κ3) is 4.85. The number of fused-ring (bicyclic) bond motifs is 1. The Bertz CT molecular complexity index is 1280. The number of sulfone groups is 1. The summed E-state index contributed by atoms with van der Waals surface area (Å²) in [6.45, 7) is 1.59. The van der Waals surface area contributed by atoms with Crippen LogP contribution in [0.4, 0.5) is 0 Å². The van der Waals surface area contributed by atoms with Crippen LogP contribution in [0.25, 0.3) is 5.52 Å². The first kappa shape index (κ1) is 22.8. The molecular weight excluding hydrogens is 444 g/mol. The zero-order valence-corrected chi connectivity index (χ0v) is 19.4. The van der Waals surface area contributed by atoms with Crippen LogP contribution in [0.2, 0.25) is 0 Å². The summed E-state index contributed by atoms with van der Waals surface area (Å²) in [6, 6.07) is 12.7. The van der Waals surface area contributed by atoms with Crippen molar-refractivity contribution >= 4 is 27.2 Å². The molecule has 0 unspecified atom stereocenters. The molecule has 3 aromatic rings. The highest BCUT2D eigenvalue weighted by Crippen LogP contribution is 2.20. The second-order valence-electron chi connectivity index (χ2n) is 7.99. The highest BCUT2D eigenvalue weighted by Gasteiger charge is 2.29. The molecule has 0 aliphatic carbocycles. The Labute approximate surface area is 192 Å². The molecule has 0 radical (unpaired) electrons. The SMILES string of the molecule is COc1ccc(CCC(=O)N2CCN(C(=O)c3nc(S(C)(=O)=O)n4ccccc34)CC2)cc1. The first-order valence-electron chi connectivity index (χ1n) is 10.6. The number of aryl methyl sites for hydroxylation is 1. The Balaban J connectivity index is 1.39. The van der Waals surface area contributed by atoms with Crippen molar-refractivity contribution in [3.05, 3.63) is 59.9 Å². The average molecular weight is 471 g/mol. The van der Waals surface area contributed by atoms with Crippen molar-refractivity contribution in [3.8, 4) is 5.75 Å². The van der Waals surface area contributed by atoms with E-state index in [1.54, 1.807) is 41.3 Å². The van der Waals surface area contributed by atoms with Crippen LogP contribution in [0.5, 0.6) is 5.75 Å². The number of pyridine rings is 1. The first-order valence-corrected chi connectivity index (χ1v) is 12.5. The van der Waals surface area contributed by atoms with Gasteiger partial charge in [0.2, 0.25) is 20.9 Å². The fourth-order valence-electron chi connectivity index (χ4n) is 3.94. The molecule has 1 aliphatic heterocycles. The van der Waals surface area contributed by atoms with Crippen molar-refractivity contribution in [2.75, 3.05) is 39.5 Å². The molecule has 1 aliphatic rings. The van der Waals surface area contributed by atoms with Gasteiger partial charge in [0.15, 0.2) is 5.69 Å². The molecule has 2 aromatic heterocycles. The van der Waals surface area contributed by atoms with E-state index in [1.165, 1.54) is 4.40 Å². The van der Waals surface area contributed by atoms with Crippen LogP contribution >= 0.6 is 0 Å². The number of hydrogen-bond donors (Lipinski definition) is 0. The van der Waals surface area contributed by atoms with E-state index in [1.807, 2.05) is 24.3 Å². The molecule has 0 saturated carbocycles. The number of ether oxygens (including phenoxy) is 1. The maximum atomic E-state index is 13.1. The number of rotatable bonds is 6. The maximum absolute atomic E-state index is 13.1. The number of nitrogens with zero attached hydrogens (tertiary/aromatic N) is 4. The minimum atomic E-state index is -3.60. The number of methoxy groups -OCH3 is 1. The van der Waals surface area contributed by atoms with E-state index in [-0.39, 0.29) is 22.7 Å². The van der Waals surface area contributed by atoms with E-state index in [4.69, 9.17) is 4.74 Å². The number of aromatic nitrogens is 2. The molecular formula is C23H26N4O5S. The van der Waals surface area contributed by atoms with Gasteiger partial charge in [0.05, 0.1) is 12.6 Å². The normalized spacial score (nSPS) is 14.5. The third-order valence-corrected chi connectivity index (χ3v) is 6.71. The second kappa shape index (κ2) is 9.22. The maximum Gasteiger partial charge on any atom is 0.274 e. The lowest BCUT2D eigenvalue weighted by molar-refractivity contribution is -0.132. The van der Waals surface area contributed by atoms with E-state index in [2.05, 4.69) is 4.98 Å². The number of carbonyl (C=O) groups excluding carboxylic acids is 2. The Morgan fingerprint density at radius 1 is 1.00 bits per heavy atom. The lowest BCUT2D eigenvalue weighted by Crippen LogP contribution is -2.50. The van der Waals surface area contributed by atoms with Gasteiger partial charge < -0.3 is 14.5 Å². The molecule has 33 heavy (non-hydrogen) atoms. The minimum absolute atomic E-state index is 0.0460. The van der Waals surface area contributed by atoms with E-state index in [0.29, 0.717) is 44.5 Å². The number of piperazine rings is 1. The van der Waals surface area contributed by atoms with Crippen molar-refractivity contribution in [3.63, 3.8) is 0 Å². The summed E-state index contributed by atoms with van der Waals surface area (Å²) < 4.78 is 30.8. The first-order chi connectivity index (χ1) is 15.8. The third-order valence-electron chi connectivity index (χ3n) is 5.76. The number of imidazole rings is 1. The summed E-state index contributed by atoms with van der Waals surface area (Å²) in [5.41, 5.74) is 1.61. The number of hydrogen-bond acceptors (Lipinski definition) is 6. The average Bonchev–Trinajstić information content (AvgIpc) is 3.23. The Hall–Kier alpha value is -3.40. The lowest BCUT2D eigenvalue weighted by Gasteiger charge is -2.34. The van der Waals surface area contributed by atoms with Gasteiger partial charge in [0.25, 0.3) is 5.91 Å². The van der Waals surface area contributed by atoms with E-state index >= 15 is 0 Å². The van der Waals surface area contributed by atoms with Crippen molar-refractivity contribution < 1.29 is 22.7 Å². The van der Waals surface area contributed by atoms with Crippen LogP contribution in [0.1, 0.15) is 22.5 Å². The summed E-state index contributed by atoms with van der Waals surface area (Å²) in [6.07, 6.45) is 3.68. The van der Waals surface area contributed by atoms with Gasteiger partial charge in [0.1, 0.15) is 5.75 Å². The van der Waals surface area contributed by atoms with Crippen molar-refractivity contribution in [1.29, 1.82) is 0 Å². The zero-order valence-electron chi connectivity index (χ0n) is 18.6. The smallest absolute Gasteiger partial charge is 0.274 e. The fraction of sp³-hybridized carbons (Fsp3) is 0.348. The molecule has 0 N–H and O–H groups in total. The van der Waals surface area contributed by atoms with Gasteiger partial charge in [-0.1, -0.05) is 18.2 Å². The largest absolute Gasteiger partial charge is 0.497 e. The Morgan fingerprint density at radius 3 is 2.30 bits per heavy atom. The van der Waals surface area contributed by atoms with E-state index < -0.39 is 9.84 Å². The quantitative estimate of drug-likeness (QED) is 0.543. The predicted molar refractivity (Wildman–Crippen MR) is 122 cm³/mol. The van der Waals surface area contributed by atoms with Crippen molar-refractivity contribution in [2.45, 2.75) is 18.0 Å². The monoisotopic (exact) mass is 470 g/mol. The van der Waals surface area contributed by atoms with Gasteiger partial charge in [-0.2, -0.15) is 0 Å². The fourth-order valence-corrected chi connectivity index (χ4v) is 4.71. The molecule has 1 aromatic carbocycles. The molecule has 1 saturated heterocycles. The van der Waals surface area contributed by atoms with Crippen LogP contribution in [0, 0.1) is 0 Å². The van der Waals surface area contributed by atoms with Gasteiger partial charge in [-0.3, -0.25) is 14.0 Å². The number of benzene rings is 1. The summed E-state index contributed by atoms with van der Waals surface area (Å²) in [5, 5.41) is -0.159. The second-order valence-corrected chi connectivity index (χ2v) is 9.90. The molecule has 1 fully saturated rings. The highest BCUT2D eigenvalue weighted by molar-refractivity contribution is 7.90. The predicted octanol–water partition coefficient (Wildman–Crippen LogP) is 1.66. The topological polar surface area (TPSA) is 101 Å². The van der Waals surface area contributed by atoms with Gasteiger partial charge >= 0.3 is 0 Å². The molecule has 2 amide bonds. The van der Waals surface area contributed by atoms with Crippen LogP contribution in [0.15, 0.2) is 53.8 Å². The number of carbonyl (C=O) groups is 2. The molecule has 9 nitrogen and oxygen atoms in total. The van der Waals surface area contributed by atoms with Gasteiger partial charge in [-0.05, 0) is 36.2 Å². The minimum Gasteiger partial charge on any atom is -0.497 e. The van der Waals surface area contributed by atoms with E-state index in [9.17, 15) is 18.0 Å². The summed E-state index contributed by atoms with van der Waals surface area (Å²) >= 11 is 0. The van der Waals surface area contributed by atoms with Crippen LogP contribution < -0.4 is 4.74 Å². The molecule has 10 heteroatoms. The van der Waals surface area contributed by atoms with Crippen LogP contribution in [-0.4, -0.2) is 79.0 Å². The van der Waals surface area contributed by atoms with Crippen LogP contribution in [0.3, 0.4) is 0 Å². The van der Waals surface area contributed by atoms with Gasteiger partial charge in [-0.25, -0.2) is 13.4 Å². The standard InChI is InChI=1S/C23H26N4O5S/c1-32-18-9-6-17(7-10-18)8-11-20(28)25-13-15-26(16-14-25)22(29)21-19-5-3-4-12-27(19)23(24-21)33(2,30)31/h3-7,9-10,12H,8,11,13-16H2,1-2H3. The molecule has 0 atom stereocenters. The number of amides is 2. The van der Waals surface area contributed by atoms with Gasteiger partial charge in [0, 0.05) is 45.1 Å². The summed E-state index contributed by atoms with van der Waals surface area (Å²) in [5.74, 6) is 0.490. The Morgan fingerprint density at radius 2 is 1.67 bits per heavy atom. The van der Waals surface area contributed by atoms with Crippen molar-refractivity contribution in [1.82, 2.24) is 19.2 Å². The molecule has 3 heterocycles.